The molecule has 2 aliphatic rings. The van der Waals surface area contributed by atoms with Crippen molar-refractivity contribution in [3.8, 4) is 16.9 Å². The molecule has 2 aliphatic heterocycles. The minimum atomic E-state index is -1.18. The fourth-order valence-corrected chi connectivity index (χ4v) is 5.38. The van der Waals surface area contributed by atoms with Gasteiger partial charge in [0.1, 0.15) is 5.75 Å². The molecule has 0 saturated heterocycles. The van der Waals surface area contributed by atoms with Crippen LogP contribution in [0.1, 0.15) is 49.9 Å². The van der Waals surface area contributed by atoms with Crippen LogP contribution in [0.3, 0.4) is 0 Å². The highest BCUT2D eigenvalue weighted by molar-refractivity contribution is 5.99. The van der Waals surface area contributed by atoms with E-state index in [-0.39, 0.29) is 23.8 Å². The Hall–Kier alpha value is -4.66. The van der Waals surface area contributed by atoms with Crippen molar-refractivity contribution < 1.29 is 24.2 Å². The number of carbonyl (C=O) groups is 3. The monoisotopic (exact) mass is 540 g/mol. The van der Waals surface area contributed by atoms with Crippen molar-refractivity contribution >= 4 is 34.9 Å². The van der Waals surface area contributed by atoms with Gasteiger partial charge in [0, 0.05) is 36.0 Å². The van der Waals surface area contributed by atoms with Gasteiger partial charge in [-0.3, -0.25) is 19.9 Å². The van der Waals surface area contributed by atoms with E-state index in [2.05, 4.69) is 15.6 Å². The van der Waals surface area contributed by atoms with Crippen LogP contribution in [0, 0.1) is 5.92 Å². The number of nitrogens with one attached hydrogen (secondary N) is 2. The van der Waals surface area contributed by atoms with E-state index in [4.69, 9.17) is 9.84 Å². The zero-order valence-electron chi connectivity index (χ0n) is 22.5. The van der Waals surface area contributed by atoms with Gasteiger partial charge in [-0.1, -0.05) is 31.5 Å². The molecule has 0 saturated carbocycles. The Kier molecular flexibility index (Phi) is 7.82. The number of rotatable bonds is 4. The maximum Gasteiger partial charge on any atom is 0.409 e. The summed E-state index contributed by atoms with van der Waals surface area (Å²) < 4.78 is 5.36. The van der Waals surface area contributed by atoms with Crippen molar-refractivity contribution in [1.82, 2.24) is 9.88 Å². The summed E-state index contributed by atoms with van der Waals surface area (Å²) in [5.74, 6) is 0.272. The van der Waals surface area contributed by atoms with Crippen molar-refractivity contribution in [3.63, 3.8) is 0 Å². The lowest BCUT2D eigenvalue weighted by Gasteiger charge is -2.34. The van der Waals surface area contributed by atoms with E-state index in [1.807, 2.05) is 48.2 Å². The zero-order valence-corrected chi connectivity index (χ0v) is 22.5. The molecule has 0 aliphatic carbocycles. The smallest absolute Gasteiger partial charge is 0.409 e. The predicted molar refractivity (Wildman–Crippen MR) is 153 cm³/mol. The predicted octanol–water partition coefficient (Wildman–Crippen LogP) is 5.96. The second-order valence-corrected chi connectivity index (χ2v) is 10.2. The van der Waals surface area contributed by atoms with Gasteiger partial charge in [0.2, 0.25) is 11.8 Å². The van der Waals surface area contributed by atoms with Gasteiger partial charge in [-0.15, -0.1) is 0 Å². The largest absolute Gasteiger partial charge is 0.497 e. The van der Waals surface area contributed by atoms with E-state index in [9.17, 15) is 14.4 Å². The van der Waals surface area contributed by atoms with Crippen LogP contribution in [-0.4, -0.2) is 46.6 Å². The number of benzene rings is 2. The molecule has 9 nitrogen and oxygen atoms in total. The van der Waals surface area contributed by atoms with Crippen LogP contribution in [-0.2, 0) is 9.59 Å². The van der Waals surface area contributed by atoms with E-state index in [0.717, 1.165) is 40.1 Å². The SMILES string of the molecule is COc1cccc(C2=CC(=O)N([C@H]3CCC[C@@H](C)C(=O)Nc4cc(NC(=O)O)ccc4-c4ccnc3c4)CC2)c1. The molecule has 3 N–H and O–H groups in total. The lowest BCUT2D eigenvalue weighted by atomic mass is 9.92. The first-order chi connectivity index (χ1) is 19.3. The van der Waals surface area contributed by atoms with Crippen molar-refractivity contribution in [2.75, 3.05) is 24.3 Å². The molecule has 3 aromatic rings. The summed E-state index contributed by atoms with van der Waals surface area (Å²) in [6, 6.07) is 16.3. The molecule has 1 aromatic heterocycles. The standard InChI is InChI=1S/C31H32N4O5/c1-19-5-3-8-28(35-14-12-21(17-29(35)36)20-6-4-7-24(15-20)40-2)27-16-22(11-13-32-27)25-10-9-23(33-31(38)39)18-26(25)34-30(19)37/h4,6-7,9-11,13,15-19,28,33H,3,5,8,12,14H2,1-2H3,(H,34,37)(H,38,39)/t19-,28+/m1/s1. The van der Waals surface area contributed by atoms with Crippen molar-refractivity contribution in [2.45, 2.75) is 38.6 Å². The number of hydrogen-bond donors (Lipinski definition) is 3. The van der Waals surface area contributed by atoms with Gasteiger partial charge in [-0.25, -0.2) is 4.79 Å². The summed E-state index contributed by atoms with van der Waals surface area (Å²) in [7, 11) is 1.63. The maximum absolute atomic E-state index is 13.5. The molecule has 0 spiro atoms. The van der Waals surface area contributed by atoms with Crippen molar-refractivity contribution in [3.05, 3.63) is 78.1 Å². The third-order valence-electron chi connectivity index (χ3n) is 7.54. The van der Waals surface area contributed by atoms with E-state index >= 15 is 0 Å². The van der Waals surface area contributed by atoms with Crippen LogP contribution in [0.25, 0.3) is 16.7 Å². The molecule has 0 fully saturated rings. The van der Waals surface area contributed by atoms with Gasteiger partial charge in [0.15, 0.2) is 0 Å². The fraction of sp³-hybridized carbons (Fsp3) is 0.290. The zero-order chi connectivity index (χ0) is 28.2. The van der Waals surface area contributed by atoms with Crippen LogP contribution in [0.4, 0.5) is 16.2 Å². The molecule has 0 radical (unpaired) electrons. The lowest BCUT2D eigenvalue weighted by molar-refractivity contribution is -0.129. The first-order valence-electron chi connectivity index (χ1n) is 13.4. The Bertz CT molecular complexity index is 1480. The van der Waals surface area contributed by atoms with Gasteiger partial charge in [-0.2, -0.15) is 0 Å². The quantitative estimate of drug-likeness (QED) is 0.375. The Morgan fingerprint density at radius 1 is 1.10 bits per heavy atom. The van der Waals surface area contributed by atoms with Gasteiger partial charge in [0.25, 0.3) is 0 Å². The topological polar surface area (TPSA) is 121 Å². The number of amides is 3. The third kappa shape index (κ3) is 5.83. The van der Waals surface area contributed by atoms with Crippen LogP contribution >= 0.6 is 0 Å². The average Bonchev–Trinajstić information content (AvgIpc) is 2.95. The number of carboxylic acid groups (broad SMARTS) is 1. The van der Waals surface area contributed by atoms with Gasteiger partial charge in [-0.05, 0) is 72.4 Å². The van der Waals surface area contributed by atoms with Gasteiger partial charge in [0.05, 0.1) is 24.5 Å². The summed E-state index contributed by atoms with van der Waals surface area (Å²) in [5, 5.41) is 14.5. The number of pyridine rings is 1. The number of methoxy groups -OCH3 is 1. The van der Waals surface area contributed by atoms with E-state index < -0.39 is 6.09 Å². The molecular weight excluding hydrogens is 508 g/mol. The van der Waals surface area contributed by atoms with E-state index in [1.54, 1.807) is 37.6 Å². The number of aromatic nitrogens is 1. The first-order valence-corrected chi connectivity index (χ1v) is 13.4. The van der Waals surface area contributed by atoms with Crippen LogP contribution < -0.4 is 15.4 Å². The summed E-state index contributed by atoms with van der Waals surface area (Å²) in [6.07, 6.45) is 4.99. The normalized spacial score (nSPS) is 19.4. The number of fused-ring (bicyclic) bond motifs is 4. The van der Waals surface area contributed by atoms with Crippen LogP contribution in [0.2, 0.25) is 0 Å². The molecule has 3 heterocycles. The molecule has 2 atom stereocenters. The van der Waals surface area contributed by atoms with E-state index in [1.165, 1.54) is 0 Å². The molecule has 40 heavy (non-hydrogen) atoms. The number of hydrogen-bond acceptors (Lipinski definition) is 5. The lowest BCUT2D eigenvalue weighted by Crippen LogP contribution is -2.38. The summed E-state index contributed by atoms with van der Waals surface area (Å²) in [6.45, 7) is 2.43. The molecule has 3 amide bonds. The Morgan fingerprint density at radius 3 is 2.73 bits per heavy atom. The summed E-state index contributed by atoms with van der Waals surface area (Å²) in [4.78, 5) is 44.3. The Balaban J connectivity index is 1.51. The highest BCUT2D eigenvalue weighted by Crippen LogP contribution is 2.37. The number of ether oxygens (including phenoxy) is 1. The van der Waals surface area contributed by atoms with Crippen molar-refractivity contribution in [1.29, 1.82) is 0 Å². The molecule has 0 unspecified atom stereocenters. The molecule has 2 bridgehead atoms. The molecule has 2 aromatic carbocycles. The second kappa shape index (κ2) is 11.6. The summed E-state index contributed by atoms with van der Waals surface area (Å²) >= 11 is 0. The van der Waals surface area contributed by atoms with Crippen molar-refractivity contribution in [2.24, 2.45) is 5.92 Å². The van der Waals surface area contributed by atoms with Gasteiger partial charge < -0.3 is 20.1 Å². The number of anilines is 2. The third-order valence-corrected chi connectivity index (χ3v) is 7.54. The highest BCUT2D eigenvalue weighted by Gasteiger charge is 2.30. The molecule has 5 rings (SSSR count). The minimum Gasteiger partial charge on any atom is -0.497 e. The fourth-order valence-electron chi connectivity index (χ4n) is 5.38. The molecule has 206 valence electrons. The molecular formula is C31H32N4O5. The number of carbonyl (C=O) groups excluding carboxylic acids is 2. The minimum absolute atomic E-state index is 0.0658. The highest BCUT2D eigenvalue weighted by atomic mass is 16.5. The Morgan fingerprint density at radius 2 is 1.95 bits per heavy atom. The van der Waals surface area contributed by atoms with E-state index in [0.29, 0.717) is 37.2 Å². The molecule has 9 heteroatoms. The average molecular weight is 541 g/mol. The Labute approximate surface area is 232 Å². The number of nitrogens with zero attached hydrogens (tertiary/aromatic N) is 2. The summed E-state index contributed by atoms with van der Waals surface area (Å²) in [5.41, 5.74) is 5.15. The van der Waals surface area contributed by atoms with Crippen LogP contribution in [0.5, 0.6) is 5.75 Å². The second-order valence-electron chi connectivity index (χ2n) is 10.2. The first kappa shape index (κ1) is 26.9. The maximum atomic E-state index is 13.5. The van der Waals surface area contributed by atoms with Crippen LogP contribution in [0.15, 0.2) is 66.9 Å². The van der Waals surface area contributed by atoms with Gasteiger partial charge >= 0.3 is 6.09 Å².